The van der Waals surface area contributed by atoms with Gasteiger partial charge in [-0.15, -0.1) is 11.3 Å². The van der Waals surface area contributed by atoms with Crippen molar-refractivity contribution in [2.45, 2.75) is 26.5 Å². The van der Waals surface area contributed by atoms with Crippen molar-refractivity contribution in [3.8, 4) is 0 Å². The zero-order valence-electron chi connectivity index (χ0n) is 10.1. The van der Waals surface area contributed by atoms with Gasteiger partial charge < -0.3 is 15.0 Å². The summed E-state index contributed by atoms with van der Waals surface area (Å²) >= 11 is 1.46. The van der Waals surface area contributed by atoms with Gasteiger partial charge in [0.25, 0.3) is 0 Å². The molecule has 96 valence electrons. The topological polar surface area (TPSA) is 70.1 Å². The Labute approximate surface area is 109 Å². The van der Waals surface area contributed by atoms with Crippen LogP contribution in [0.5, 0.6) is 0 Å². The molecule has 0 aromatic carbocycles. The molecule has 2 rings (SSSR count). The van der Waals surface area contributed by atoms with Crippen LogP contribution in [-0.4, -0.2) is 15.5 Å². The highest BCUT2D eigenvalue weighted by atomic mass is 32.1. The number of hydrogen-bond acceptors (Lipinski definition) is 5. The number of hydrogen-bond donors (Lipinski definition) is 1. The van der Waals surface area contributed by atoms with Crippen molar-refractivity contribution in [2.24, 2.45) is 0 Å². The molecule has 0 aliphatic rings. The summed E-state index contributed by atoms with van der Waals surface area (Å²) in [5, 5.41) is 0. The van der Waals surface area contributed by atoms with Gasteiger partial charge in [-0.25, -0.2) is 4.79 Å². The molecular formula is C12H15N3O2S. The van der Waals surface area contributed by atoms with Crippen LogP contribution >= 0.6 is 11.3 Å². The minimum atomic E-state index is -0.353. The highest BCUT2D eigenvalue weighted by molar-refractivity contribution is 7.09. The Bertz CT molecular complexity index is 519. The number of nitrogens with zero attached hydrogens (tertiary/aromatic N) is 2. The predicted molar refractivity (Wildman–Crippen MR) is 70.4 cm³/mol. The molecule has 2 aromatic rings. The molecule has 0 aliphatic carbocycles. The molecule has 0 radical (unpaired) electrons. The van der Waals surface area contributed by atoms with E-state index in [0.717, 1.165) is 17.8 Å². The Morgan fingerprint density at radius 1 is 1.61 bits per heavy atom. The lowest BCUT2D eigenvalue weighted by Gasteiger charge is -2.07. The predicted octanol–water partition coefficient (Wildman–Crippen LogP) is 2.29. The zero-order chi connectivity index (χ0) is 13.0. The van der Waals surface area contributed by atoms with E-state index in [2.05, 4.69) is 4.98 Å². The quantitative estimate of drug-likeness (QED) is 0.842. The maximum absolute atomic E-state index is 11.9. The van der Waals surface area contributed by atoms with E-state index in [4.69, 9.17) is 10.5 Å². The van der Waals surface area contributed by atoms with E-state index in [-0.39, 0.29) is 12.6 Å². The summed E-state index contributed by atoms with van der Waals surface area (Å²) in [5.74, 6) is -0.353. The minimum absolute atomic E-state index is 0.251. The van der Waals surface area contributed by atoms with Crippen LogP contribution in [0.15, 0.2) is 24.0 Å². The number of rotatable bonds is 5. The lowest BCUT2D eigenvalue weighted by molar-refractivity contribution is 0.0464. The average Bonchev–Trinajstić information content (AvgIpc) is 2.96. The Hall–Kier alpha value is -1.82. The first-order valence-electron chi connectivity index (χ1n) is 5.71. The number of anilines is 1. The van der Waals surface area contributed by atoms with Gasteiger partial charge in [-0.1, -0.05) is 6.92 Å². The van der Waals surface area contributed by atoms with Gasteiger partial charge in [0.15, 0.2) is 0 Å². The van der Waals surface area contributed by atoms with Gasteiger partial charge in [-0.2, -0.15) is 0 Å². The van der Waals surface area contributed by atoms with E-state index < -0.39 is 0 Å². The lowest BCUT2D eigenvalue weighted by Crippen LogP contribution is -2.11. The van der Waals surface area contributed by atoms with Crippen molar-refractivity contribution in [3.05, 3.63) is 34.5 Å². The second-order valence-corrected chi connectivity index (χ2v) is 4.87. The number of nitrogens with two attached hydrogens (primary N) is 1. The van der Waals surface area contributed by atoms with Crippen LogP contribution in [-0.2, 0) is 17.9 Å². The fraction of sp³-hybridized carbons (Fsp3) is 0.333. The fourth-order valence-electron chi connectivity index (χ4n) is 1.65. The molecule has 0 fully saturated rings. The number of aryl methyl sites for hydroxylation is 1. The van der Waals surface area contributed by atoms with E-state index in [1.807, 2.05) is 11.5 Å². The van der Waals surface area contributed by atoms with Gasteiger partial charge in [-0.3, -0.25) is 4.98 Å². The summed E-state index contributed by atoms with van der Waals surface area (Å²) in [7, 11) is 0. The Morgan fingerprint density at radius 3 is 3.11 bits per heavy atom. The highest BCUT2D eigenvalue weighted by Gasteiger charge is 2.14. The molecule has 0 saturated carbocycles. The van der Waals surface area contributed by atoms with Gasteiger partial charge in [0.2, 0.25) is 0 Å². The Kier molecular flexibility index (Phi) is 3.99. The fourth-order valence-corrected chi connectivity index (χ4v) is 2.16. The number of ether oxygens (including phenoxy) is 1. The van der Waals surface area contributed by atoms with Gasteiger partial charge in [0.05, 0.1) is 16.1 Å². The third-order valence-electron chi connectivity index (χ3n) is 2.42. The van der Waals surface area contributed by atoms with Crippen LogP contribution < -0.4 is 5.73 Å². The van der Waals surface area contributed by atoms with Crippen LogP contribution in [0.1, 0.15) is 28.7 Å². The first kappa shape index (κ1) is 12.6. The number of carbonyl (C=O) groups is 1. The number of thiazole rings is 1. The maximum atomic E-state index is 11.9. The molecule has 0 saturated heterocycles. The van der Waals surface area contributed by atoms with Crippen molar-refractivity contribution >= 4 is 23.0 Å². The molecule has 6 heteroatoms. The molecule has 0 spiro atoms. The minimum Gasteiger partial charge on any atom is -0.455 e. The van der Waals surface area contributed by atoms with Crippen molar-refractivity contribution in [3.63, 3.8) is 0 Å². The van der Waals surface area contributed by atoms with Crippen LogP contribution in [0.2, 0.25) is 0 Å². The van der Waals surface area contributed by atoms with Crippen LogP contribution in [0, 0.1) is 0 Å². The van der Waals surface area contributed by atoms with Crippen LogP contribution in [0.4, 0.5) is 5.69 Å². The third-order valence-corrected chi connectivity index (χ3v) is 3.17. The van der Waals surface area contributed by atoms with E-state index in [0.29, 0.717) is 11.4 Å². The molecule has 0 amide bonds. The van der Waals surface area contributed by atoms with E-state index in [1.165, 1.54) is 11.3 Å². The molecule has 0 atom stereocenters. The SMILES string of the molecule is CCCn1cc(N)cc1C(=O)OCc1cncs1. The zero-order valence-corrected chi connectivity index (χ0v) is 10.9. The third kappa shape index (κ3) is 2.89. The van der Waals surface area contributed by atoms with Crippen LogP contribution in [0.3, 0.4) is 0 Å². The normalized spacial score (nSPS) is 10.5. The molecule has 2 N–H and O–H groups in total. The summed E-state index contributed by atoms with van der Waals surface area (Å²) < 4.78 is 7.05. The summed E-state index contributed by atoms with van der Waals surface area (Å²) in [6.07, 6.45) is 4.38. The summed E-state index contributed by atoms with van der Waals surface area (Å²) in [6, 6.07) is 1.64. The van der Waals surface area contributed by atoms with E-state index in [1.54, 1.807) is 24.0 Å². The summed E-state index contributed by atoms with van der Waals surface area (Å²) in [4.78, 5) is 16.8. The lowest BCUT2D eigenvalue weighted by atomic mass is 10.4. The van der Waals surface area contributed by atoms with Crippen LogP contribution in [0.25, 0.3) is 0 Å². The Morgan fingerprint density at radius 2 is 2.44 bits per heavy atom. The van der Waals surface area contributed by atoms with Gasteiger partial charge in [-0.05, 0) is 12.5 Å². The van der Waals surface area contributed by atoms with Crippen molar-refractivity contribution in [2.75, 3.05) is 5.73 Å². The van der Waals surface area contributed by atoms with E-state index >= 15 is 0 Å². The molecule has 5 nitrogen and oxygen atoms in total. The molecule has 0 unspecified atom stereocenters. The second-order valence-electron chi connectivity index (χ2n) is 3.90. The molecular weight excluding hydrogens is 250 g/mol. The molecule has 18 heavy (non-hydrogen) atoms. The number of aromatic nitrogens is 2. The standard InChI is InChI=1S/C12H15N3O2S/c1-2-3-15-6-9(13)4-11(15)12(16)17-7-10-5-14-8-18-10/h4-6,8H,2-3,7,13H2,1H3. The largest absolute Gasteiger partial charge is 0.455 e. The Balaban J connectivity index is 2.03. The van der Waals surface area contributed by atoms with E-state index in [9.17, 15) is 4.79 Å². The molecule has 2 aromatic heterocycles. The number of nitrogen functional groups attached to an aromatic ring is 1. The summed E-state index contributed by atoms with van der Waals surface area (Å²) in [5.41, 5.74) is 8.49. The first-order chi connectivity index (χ1) is 8.70. The number of esters is 1. The summed E-state index contributed by atoms with van der Waals surface area (Å²) in [6.45, 7) is 3.05. The second kappa shape index (κ2) is 5.68. The monoisotopic (exact) mass is 265 g/mol. The maximum Gasteiger partial charge on any atom is 0.355 e. The van der Waals surface area contributed by atoms with Crippen molar-refractivity contribution in [1.82, 2.24) is 9.55 Å². The van der Waals surface area contributed by atoms with Crippen molar-refractivity contribution < 1.29 is 9.53 Å². The van der Waals surface area contributed by atoms with Gasteiger partial charge >= 0.3 is 5.97 Å². The highest BCUT2D eigenvalue weighted by Crippen LogP contribution is 2.14. The smallest absolute Gasteiger partial charge is 0.355 e. The molecule has 0 bridgehead atoms. The average molecular weight is 265 g/mol. The van der Waals surface area contributed by atoms with Gasteiger partial charge in [0.1, 0.15) is 12.3 Å². The van der Waals surface area contributed by atoms with Gasteiger partial charge in [0, 0.05) is 18.9 Å². The molecule has 2 heterocycles. The first-order valence-corrected chi connectivity index (χ1v) is 6.58. The molecule has 0 aliphatic heterocycles. The van der Waals surface area contributed by atoms with Crippen molar-refractivity contribution in [1.29, 1.82) is 0 Å². The number of carbonyl (C=O) groups excluding carboxylic acids is 1.